The van der Waals surface area contributed by atoms with Crippen molar-refractivity contribution in [3.63, 3.8) is 0 Å². The third-order valence-electron chi connectivity index (χ3n) is 3.71. The number of rotatable bonds is 5. The molecule has 1 aromatic carbocycles. The first-order chi connectivity index (χ1) is 10.3. The van der Waals surface area contributed by atoms with Crippen molar-refractivity contribution in [1.29, 1.82) is 0 Å². The maximum atomic E-state index is 10.8. The van der Waals surface area contributed by atoms with Gasteiger partial charge in [-0.2, -0.15) is 0 Å². The van der Waals surface area contributed by atoms with Gasteiger partial charge in [0.2, 0.25) is 0 Å². The highest BCUT2D eigenvalue weighted by atomic mass is 32.2. The molecule has 110 valence electrons. The number of hydrogen-bond acceptors (Lipinski definition) is 4. The number of aliphatic carboxylic acids is 1. The fraction of sp³-hybridized carbons (Fsp3) is 0.400. The predicted molar refractivity (Wildman–Crippen MR) is 81.3 cm³/mol. The fourth-order valence-electron chi connectivity index (χ4n) is 2.78. The van der Waals surface area contributed by atoms with Gasteiger partial charge in [0.25, 0.3) is 0 Å². The van der Waals surface area contributed by atoms with Crippen molar-refractivity contribution in [3.8, 4) is 11.4 Å². The van der Waals surface area contributed by atoms with Crippen LogP contribution in [0.15, 0.2) is 35.5 Å². The summed E-state index contributed by atoms with van der Waals surface area (Å²) in [5, 5.41) is 18.1. The molecule has 2 aromatic rings. The van der Waals surface area contributed by atoms with Crippen molar-refractivity contribution >= 4 is 17.7 Å². The average molecular weight is 303 g/mol. The summed E-state index contributed by atoms with van der Waals surface area (Å²) >= 11 is 1.25. The Bertz CT molecular complexity index is 621. The predicted octanol–water partition coefficient (Wildman–Crippen LogP) is 3.24. The van der Waals surface area contributed by atoms with E-state index in [4.69, 9.17) is 5.11 Å². The van der Waals surface area contributed by atoms with Gasteiger partial charge in [0.15, 0.2) is 11.0 Å². The molecular formula is C15H17N3O2S. The maximum absolute atomic E-state index is 10.8. The molecule has 6 heteroatoms. The van der Waals surface area contributed by atoms with E-state index in [0.717, 1.165) is 24.2 Å². The molecule has 0 saturated heterocycles. The van der Waals surface area contributed by atoms with E-state index in [-0.39, 0.29) is 5.75 Å². The first kappa shape index (κ1) is 14.1. The number of hydrogen-bond donors (Lipinski definition) is 1. The summed E-state index contributed by atoms with van der Waals surface area (Å²) in [7, 11) is 0. The monoisotopic (exact) mass is 303 g/mol. The zero-order valence-corrected chi connectivity index (χ0v) is 12.4. The lowest BCUT2D eigenvalue weighted by atomic mass is 10.2. The van der Waals surface area contributed by atoms with E-state index < -0.39 is 5.97 Å². The number of thioether (sulfide) groups is 1. The number of carbonyl (C=O) groups is 1. The summed E-state index contributed by atoms with van der Waals surface area (Å²) in [6, 6.07) is 10.3. The highest BCUT2D eigenvalue weighted by Crippen LogP contribution is 2.36. The minimum Gasteiger partial charge on any atom is -0.481 e. The van der Waals surface area contributed by atoms with Crippen LogP contribution in [0.1, 0.15) is 31.7 Å². The highest BCUT2D eigenvalue weighted by molar-refractivity contribution is 7.99. The molecule has 0 amide bonds. The van der Waals surface area contributed by atoms with Crippen LogP contribution in [-0.2, 0) is 4.79 Å². The molecule has 0 spiro atoms. The molecule has 1 fully saturated rings. The second-order valence-electron chi connectivity index (χ2n) is 5.16. The highest BCUT2D eigenvalue weighted by Gasteiger charge is 2.25. The van der Waals surface area contributed by atoms with Crippen LogP contribution < -0.4 is 0 Å². The summed E-state index contributed by atoms with van der Waals surface area (Å²) in [4.78, 5) is 10.8. The van der Waals surface area contributed by atoms with Crippen molar-refractivity contribution in [1.82, 2.24) is 14.8 Å². The first-order valence-electron chi connectivity index (χ1n) is 7.10. The number of aromatic nitrogens is 3. The van der Waals surface area contributed by atoms with Crippen LogP contribution >= 0.6 is 11.8 Å². The van der Waals surface area contributed by atoms with Crippen LogP contribution in [0.3, 0.4) is 0 Å². The lowest BCUT2D eigenvalue weighted by molar-refractivity contribution is -0.133. The van der Waals surface area contributed by atoms with Crippen molar-refractivity contribution in [3.05, 3.63) is 30.3 Å². The van der Waals surface area contributed by atoms with E-state index in [9.17, 15) is 4.79 Å². The van der Waals surface area contributed by atoms with Gasteiger partial charge in [-0.3, -0.25) is 9.36 Å². The summed E-state index contributed by atoms with van der Waals surface area (Å²) < 4.78 is 2.13. The van der Waals surface area contributed by atoms with Crippen LogP contribution in [0.4, 0.5) is 0 Å². The van der Waals surface area contributed by atoms with Crippen molar-refractivity contribution < 1.29 is 9.90 Å². The van der Waals surface area contributed by atoms with E-state index in [1.165, 1.54) is 24.6 Å². The van der Waals surface area contributed by atoms with Crippen molar-refractivity contribution in [2.24, 2.45) is 0 Å². The van der Waals surface area contributed by atoms with Crippen LogP contribution in [0.2, 0.25) is 0 Å². The fourth-order valence-corrected chi connectivity index (χ4v) is 3.50. The largest absolute Gasteiger partial charge is 0.481 e. The number of benzene rings is 1. The summed E-state index contributed by atoms with van der Waals surface area (Å²) in [6.45, 7) is 0. The Labute approximate surface area is 127 Å². The lowest BCUT2D eigenvalue weighted by Crippen LogP contribution is -2.09. The molecule has 1 heterocycles. The van der Waals surface area contributed by atoms with E-state index in [2.05, 4.69) is 14.8 Å². The van der Waals surface area contributed by atoms with E-state index >= 15 is 0 Å². The van der Waals surface area contributed by atoms with Gasteiger partial charge in [-0.25, -0.2) is 0 Å². The van der Waals surface area contributed by atoms with Crippen LogP contribution in [0.5, 0.6) is 0 Å². The van der Waals surface area contributed by atoms with Gasteiger partial charge in [0.1, 0.15) is 0 Å². The number of carboxylic acids is 1. The van der Waals surface area contributed by atoms with Crippen LogP contribution in [0, 0.1) is 0 Å². The lowest BCUT2D eigenvalue weighted by Gasteiger charge is -2.16. The number of nitrogens with zero attached hydrogens (tertiary/aromatic N) is 3. The maximum Gasteiger partial charge on any atom is 0.313 e. The molecule has 5 nitrogen and oxygen atoms in total. The molecule has 3 rings (SSSR count). The van der Waals surface area contributed by atoms with E-state index in [1.807, 2.05) is 30.3 Å². The quantitative estimate of drug-likeness (QED) is 0.859. The normalized spacial score (nSPS) is 15.4. The van der Waals surface area contributed by atoms with Gasteiger partial charge in [-0.15, -0.1) is 10.2 Å². The van der Waals surface area contributed by atoms with Gasteiger partial charge in [0.05, 0.1) is 5.75 Å². The zero-order valence-electron chi connectivity index (χ0n) is 11.6. The Morgan fingerprint density at radius 1 is 1.24 bits per heavy atom. The van der Waals surface area contributed by atoms with Crippen LogP contribution in [-0.4, -0.2) is 31.6 Å². The Kier molecular flexibility index (Phi) is 4.24. The molecule has 1 saturated carbocycles. The first-order valence-corrected chi connectivity index (χ1v) is 8.09. The van der Waals surface area contributed by atoms with Gasteiger partial charge in [-0.1, -0.05) is 54.9 Å². The molecule has 0 bridgehead atoms. The second-order valence-corrected chi connectivity index (χ2v) is 6.11. The summed E-state index contributed by atoms with van der Waals surface area (Å²) in [5.41, 5.74) is 1.03. The summed E-state index contributed by atoms with van der Waals surface area (Å²) in [6.07, 6.45) is 4.64. The standard InChI is InChI=1S/C15H17N3O2S/c19-13(20)10-21-15-17-16-14(11-6-2-1-3-7-11)18(15)12-8-4-5-9-12/h1-3,6-7,12H,4-5,8-10H2,(H,19,20). The molecule has 0 atom stereocenters. The molecule has 0 aliphatic heterocycles. The average Bonchev–Trinajstić information content (AvgIpc) is 3.15. The van der Waals surface area contributed by atoms with Crippen LogP contribution in [0.25, 0.3) is 11.4 Å². The SMILES string of the molecule is O=C(O)CSc1nnc(-c2ccccc2)n1C1CCCC1. The molecule has 1 N–H and O–H groups in total. The second kappa shape index (κ2) is 6.30. The van der Waals surface area contributed by atoms with Gasteiger partial charge >= 0.3 is 5.97 Å². The minimum atomic E-state index is -0.831. The molecule has 1 aliphatic carbocycles. The minimum absolute atomic E-state index is 0.0135. The van der Waals surface area contributed by atoms with E-state index in [0.29, 0.717) is 11.2 Å². The third-order valence-corrected chi connectivity index (χ3v) is 4.64. The molecule has 0 radical (unpaired) electrons. The van der Waals surface area contributed by atoms with Crippen molar-refractivity contribution in [2.45, 2.75) is 36.9 Å². The van der Waals surface area contributed by atoms with Gasteiger partial charge in [0, 0.05) is 11.6 Å². The Morgan fingerprint density at radius 3 is 2.62 bits per heavy atom. The zero-order chi connectivity index (χ0) is 14.7. The number of carboxylic acid groups (broad SMARTS) is 1. The molecule has 21 heavy (non-hydrogen) atoms. The topological polar surface area (TPSA) is 68.0 Å². The van der Waals surface area contributed by atoms with E-state index in [1.54, 1.807) is 0 Å². The molecule has 1 aliphatic rings. The summed E-state index contributed by atoms with van der Waals surface area (Å²) in [5.74, 6) is 0.0252. The Morgan fingerprint density at radius 2 is 1.95 bits per heavy atom. The van der Waals surface area contributed by atoms with Gasteiger partial charge in [-0.05, 0) is 12.8 Å². The Balaban J connectivity index is 1.97. The molecular weight excluding hydrogens is 286 g/mol. The smallest absolute Gasteiger partial charge is 0.313 e. The third kappa shape index (κ3) is 3.10. The molecule has 1 aromatic heterocycles. The Hall–Kier alpha value is -1.82. The van der Waals surface area contributed by atoms with Gasteiger partial charge < -0.3 is 5.11 Å². The molecule has 0 unspecified atom stereocenters. The van der Waals surface area contributed by atoms with Crippen molar-refractivity contribution in [2.75, 3.05) is 5.75 Å².